The van der Waals surface area contributed by atoms with E-state index in [-0.39, 0.29) is 18.0 Å². The summed E-state index contributed by atoms with van der Waals surface area (Å²) in [5, 5.41) is 11.8. The first-order valence-corrected chi connectivity index (χ1v) is 6.69. The second-order valence-corrected chi connectivity index (χ2v) is 5.21. The van der Waals surface area contributed by atoms with Crippen molar-refractivity contribution in [1.82, 2.24) is 15.2 Å². The van der Waals surface area contributed by atoms with Gasteiger partial charge in [-0.05, 0) is 30.9 Å². The molecule has 1 aliphatic rings. The molecule has 0 spiro atoms. The summed E-state index contributed by atoms with van der Waals surface area (Å²) in [6.07, 6.45) is 5.28. The third kappa shape index (κ3) is 3.69. The van der Waals surface area contributed by atoms with Gasteiger partial charge >= 0.3 is 12.0 Å². The van der Waals surface area contributed by atoms with Gasteiger partial charge in [0.05, 0.1) is 5.92 Å². The quantitative estimate of drug-likeness (QED) is 0.873. The summed E-state index contributed by atoms with van der Waals surface area (Å²) in [7, 11) is 1.71. The highest BCUT2D eigenvalue weighted by molar-refractivity contribution is 5.75. The maximum atomic E-state index is 12.0. The average molecular weight is 277 g/mol. The topological polar surface area (TPSA) is 82.5 Å². The predicted molar refractivity (Wildman–Crippen MR) is 73.0 cm³/mol. The molecule has 1 aliphatic carbocycles. The molecule has 20 heavy (non-hydrogen) atoms. The molecule has 0 bridgehead atoms. The third-order valence-electron chi connectivity index (χ3n) is 3.60. The second-order valence-electron chi connectivity index (χ2n) is 5.21. The highest BCUT2D eigenvalue weighted by Gasteiger charge is 2.30. The number of amides is 2. The number of nitrogens with one attached hydrogen (secondary N) is 1. The van der Waals surface area contributed by atoms with Crippen molar-refractivity contribution >= 4 is 12.0 Å². The van der Waals surface area contributed by atoms with E-state index in [9.17, 15) is 9.59 Å². The zero-order valence-corrected chi connectivity index (χ0v) is 11.5. The second kappa shape index (κ2) is 6.36. The number of pyridine rings is 1. The van der Waals surface area contributed by atoms with Crippen molar-refractivity contribution in [3.05, 3.63) is 30.1 Å². The van der Waals surface area contributed by atoms with Crippen molar-refractivity contribution in [2.75, 3.05) is 7.05 Å². The summed E-state index contributed by atoms with van der Waals surface area (Å²) in [6, 6.07) is 3.52. The van der Waals surface area contributed by atoms with Gasteiger partial charge in [0.25, 0.3) is 0 Å². The van der Waals surface area contributed by atoms with Crippen molar-refractivity contribution in [3.63, 3.8) is 0 Å². The van der Waals surface area contributed by atoms with E-state index >= 15 is 0 Å². The van der Waals surface area contributed by atoms with Crippen LogP contribution >= 0.6 is 0 Å². The lowest BCUT2D eigenvalue weighted by Gasteiger charge is -2.21. The molecule has 2 amide bonds. The molecule has 2 N–H and O–H groups in total. The number of carboxylic acid groups (broad SMARTS) is 1. The Kier molecular flexibility index (Phi) is 4.55. The fourth-order valence-corrected chi connectivity index (χ4v) is 2.46. The normalized spacial score (nSPS) is 21.4. The fraction of sp³-hybridized carbons (Fsp3) is 0.500. The minimum absolute atomic E-state index is 0.0417. The summed E-state index contributed by atoms with van der Waals surface area (Å²) in [5.41, 5.74) is 0.958. The number of carbonyl (C=O) groups excluding carboxylic acids is 1. The summed E-state index contributed by atoms with van der Waals surface area (Å²) < 4.78 is 0. The number of carbonyl (C=O) groups is 2. The lowest BCUT2D eigenvalue weighted by atomic mass is 10.1. The van der Waals surface area contributed by atoms with Crippen LogP contribution in [0.5, 0.6) is 0 Å². The molecular formula is C14H19N3O3. The van der Waals surface area contributed by atoms with E-state index in [1.165, 1.54) is 0 Å². The molecule has 2 rings (SSSR count). The van der Waals surface area contributed by atoms with Crippen LogP contribution < -0.4 is 5.32 Å². The van der Waals surface area contributed by atoms with Gasteiger partial charge in [0.1, 0.15) is 0 Å². The SMILES string of the molecule is CN(Cc1cccnc1)C(=O)NC1CCC(C(=O)O)C1. The Bertz CT molecular complexity index is 478. The van der Waals surface area contributed by atoms with Crippen LogP contribution in [0.1, 0.15) is 24.8 Å². The van der Waals surface area contributed by atoms with Gasteiger partial charge in [-0.3, -0.25) is 9.78 Å². The van der Waals surface area contributed by atoms with Gasteiger partial charge in [0.2, 0.25) is 0 Å². The van der Waals surface area contributed by atoms with Crippen LogP contribution in [0.15, 0.2) is 24.5 Å². The zero-order valence-electron chi connectivity index (χ0n) is 11.5. The molecule has 1 heterocycles. The molecule has 108 valence electrons. The Morgan fingerprint density at radius 2 is 2.30 bits per heavy atom. The molecule has 6 heteroatoms. The van der Waals surface area contributed by atoms with Crippen LogP contribution in [0.2, 0.25) is 0 Å². The minimum atomic E-state index is -0.773. The van der Waals surface area contributed by atoms with E-state index in [4.69, 9.17) is 5.11 Å². The number of aromatic nitrogens is 1. The van der Waals surface area contributed by atoms with Gasteiger partial charge in [-0.15, -0.1) is 0 Å². The summed E-state index contributed by atoms with van der Waals surface area (Å²) >= 11 is 0. The van der Waals surface area contributed by atoms with E-state index in [0.717, 1.165) is 12.0 Å². The van der Waals surface area contributed by atoms with Crippen molar-refractivity contribution in [3.8, 4) is 0 Å². The number of urea groups is 1. The molecule has 1 aromatic rings. The van der Waals surface area contributed by atoms with Gasteiger partial charge in [-0.25, -0.2) is 4.79 Å². The lowest BCUT2D eigenvalue weighted by Crippen LogP contribution is -2.42. The van der Waals surface area contributed by atoms with Crippen molar-refractivity contribution < 1.29 is 14.7 Å². The first-order valence-electron chi connectivity index (χ1n) is 6.69. The van der Waals surface area contributed by atoms with Crippen molar-refractivity contribution in [2.24, 2.45) is 5.92 Å². The molecule has 1 fully saturated rings. The maximum Gasteiger partial charge on any atom is 0.317 e. The molecule has 1 saturated carbocycles. The first kappa shape index (κ1) is 14.3. The van der Waals surface area contributed by atoms with Gasteiger partial charge in [0.15, 0.2) is 0 Å². The number of aliphatic carboxylic acids is 1. The van der Waals surface area contributed by atoms with E-state index < -0.39 is 5.97 Å². The highest BCUT2D eigenvalue weighted by Crippen LogP contribution is 2.25. The van der Waals surface area contributed by atoms with Gasteiger partial charge in [-0.2, -0.15) is 0 Å². The monoisotopic (exact) mass is 277 g/mol. The van der Waals surface area contributed by atoms with Crippen LogP contribution in [0, 0.1) is 5.92 Å². The van der Waals surface area contributed by atoms with Crippen LogP contribution in [0.25, 0.3) is 0 Å². The van der Waals surface area contributed by atoms with Crippen LogP contribution in [0.4, 0.5) is 4.79 Å². The Labute approximate surface area is 117 Å². The molecule has 0 saturated heterocycles. The number of hydrogen-bond acceptors (Lipinski definition) is 3. The molecule has 2 unspecified atom stereocenters. The lowest BCUT2D eigenvalue weighted by molar-refractivity contribution is -0.141. The van der Waals surface area contributed by atoms with Crippen LogP contribution in [0.3, 0.4) is 0 Å². The summed E-state index contributed by atoms with van der Waals surface area (Å²) in [5.74, 6) is -1.10. The van der Waals surface area contributed by atoms with E-state index in [1.54, 1.807) is 24.3 Å². The molecule has 6 nitrogen and oxygen atoms in total. The Morgan fingerprint density at radius 3 is 2.90 bits per heavy atom. The fourth-order valence-electron chi connectivity index (χ4n) is 2.46. The molecular weight excluding hydrogens is 258 g/mol. The Hall–Kier alpha value is -2.11. The van der Waals surface area contributed by atoms with Crippen molar-refractivity contribution in [2.45, 2.75) is 31.8 Å². The standard InChI is InChI=1S/C14H19N3O3/c1-17(9-10-3-2-6-15-8-10)14(20)16-12-5-4-11(7-12)13(18)19/h2-3,6,8,11-12H,4-5,7,9H2,1H3,(H,16,20)(H,18,19). The smallest absolute Gasteiger partial charge is 0.317 e. The van der Waals surface area contributed by atoms with E-state index in [1.807, 2.05) is 12.1 Å². The summed E-state index contributed by atoms with van der Waals surface area (Å²) in [6.45, 7) is 0.481. The molecule has 1 aromatic heterocycles. The van der Waals surface area contributed by atoms with E-state index in [0.29, 0.717) is 19.4 Å². The molecule has 0 radical (unpaired) electrons. The number of rotatable bonds is 4. The first-order chi connectivity index (χ1) is 9.56. The average Bonchev–Trinajstić information content (AvgIpc) is 2.88. The number of hydrogen-bond donors (Lipinski definition) is 2. The molecule has 2 atom stereocenters. The summed E-state index contributed by atoms with van der Waals surface area (Å²) in [4.78, 5) is 28.5. The van der Waals surface area contributed by atoms with E-state index in [2.05, 4.69) is 10.3 Å². The van der Waals surface area contributed by atoms with Gasteiger partial charge in [-0.1, -0.05) is 6.07 Å². The zero-order chi connectivity index (χ0) is 14.5. The van der Waals surface area contributed by atoms with Crippen LogP contribution in [-0.4, -0.2) is 40.1 Å². The highest BCUT2D eigenvalue weighted by atomic mass is 16.4. The van der Waals surface area contributed by atoms with Gasteiger partial charge < -0.3 is 15.3 Å². The molecule has 0 aromatic carbocycles. The Balaban J connectivity index is 1.81. The van der Waals surface area contributed by atoms with Crippen LogP contribution in [-0.2, 0) is 11.3 Å². The number of carboxylic acids is 1. The Morgan fingerprint density at radius 1 is 1.50 bits per heavy atom. The van der Waals surface area contributed by atoms with Gasteiger partial charge in [0, 0.05) is 32.0 Å². The number of nitrogens with zero attached hydrogens (tertiary/aromatic N) is 2. The minimum Gasteiger partial charge on any atom is -0.481 e. The van der Waals surface area contributed by atoms with Crippen molar-refractivity contribution in [1.29, 1.82) is 0 Å². The third-order valence-corrected chi connectivity index (χ3v) is 3.60. The molecule has 0 aliphatic heterocycles. The largest absolute Gasteiger partial charge is 0.481 e. The maximum absolute atomic E-state index is 12.0. The predicted octanol–water partition coefficient (Wildman–Crippen LogP) is 1.48.